The molecule has 0 aliphatic carbocycles. The molecule has 28 heavy (non-hydrogen) atoms. The number of anilines is 2. The Hall–Kier alpha value is -4.04. The summed E-state index contributed by atoms with van der Waals surface area (Å²) in [4.78, 5) is 4.17. The molecule has 1 aromatic heterocycles. The number of hydrogen-bond acceptors (Lipinski definition) is 5. The minimum atomic E-state index is -4.50. The number of halogens is 3. The molecule has 0 fully saturated rings. The molecule has 0 aliphatic heterocycles. The molecule has 2 aromatic carbocycles. The second-order valence-corrected chi connectivity index (χ2v) is 5.89. The summed E-state index contributed by atoms with van der Waals surface area (Å²) in [6.07, 6.45) is -4.50. The Morgan fingerprint density at radius 3 is 1.82 bits per heavy atom. The fourth-order valence-corrected chi connectivity index (χ4v) is 2.79. The Balaban J connectivity index is 2.29. The van der Waals surface area contributed by atoms with Crippen LogP contribution >= 0.6 is 0 Å². The predicted octanol–water partition coefficient (Wildman–Crippen LogP) is 4.34. The minimum absolute atomic E-state index is 0.0373. The molecular formula is C20H12F3N5. The average Bonchev–Trinajstić information content (AvgIpc) is 2.67. The number of nitrogens with two attached hydrogens (primary N) is 2. The predicted molar refractivity (Wildman–Crippen MR) is 98.4 cm³/mol. The van der Waals surface area contributed by atoms with Crippen LogP contribution in [0.15, 0.2) is 48.5 Å². The van der Waals surface area contributed by atoms with E-state index in [2.05, 4.69) is 4.98 Å². The summed E-state index contributed by atoms with van der Waals surface area (Å²) >= 11 is 0. The van der Waals surface area contributed by atoms with Crippen molar-refractivity contribution in [1.29, 1.82) is 10.5 Å². The van der Waals surface area contributed by atoms with Crippen LogP contribution < -0.4 is 11.5 Å². The third kappa shape index (κ3) is 3.31. The summed E-state index contributed by atoms with van der Waals surface area (Å²) in [6.45, 7) is 0. The van der Waals surface area contributed by atoms with Crippen molar-refractivity contribution in [2.24, 2.45) is 0 Å². The van der Waals surface area contributed by atoms with Crippen LogP contribution in [0.2, 0.25) is 0 Å². The second-order valence-electron chi connectivity index (χ2n) is 5.89. The maximum absolute atomic E-state index is 12.9. The largest absolute Gasteiger partial charge is 0.416 e. The SMILES string of the molecule is N#Cc1c(N)nc(-c2ccc(N)cc2)c(C#N)c1-c1ccc(C(F)(F)F)cc1. The molecule has 8 heteroatoms. The molecule has 0 unspecified atom stereocenters. The van der Waals surface area contributed by atoms with E-state index in [9.17, 15) is 23.7 Å². The van der Waals surface area contributed by atoms with E-state index in [1.54, 1.807) is 24.3 Å². The highest BCUT2D eigenvalue weighted by Gasteiger charge is 2.30. The minimum Gasteiger partial charge on any atom is -0.399 e. The van der Waals surface area contributed by atoms with Crippen LogP contribution in [-0.2, 0) is 6.18 Å². The third-order valence-corrected chi connectivity index (χ3v) is 4.13. The highest BCUT2D eigenvalue weighted by molar-refractivity contribution is 5.87. The summed E-state index contributed by atoms with van der Waals surface area (Å²) in [5.74, 6) is -0.122. The molecule has 3 rings (SSSR count). The van der Waals surface area contributed by atoms with Gasteiger partial charge in [-0.25, -0.2) is 4.98 Å². The molecule has 0 radical (unpaired) electrons. The van der Waals surface area contributed by atoms with Gasteiger partial charge in [0, 0.05) is 16.8 Å². The highest BCUT2D eigenvalue weighted by Crippen LogP contribution is 2.37. The third-order valence-electron chi connectivity index (χ3n) is 4.13. The molecule has 138 valence electrons. The number of alkyl halides is 3. The average molecular weight is 379 g/mol. The van der Waals surface area contributed by atoms with Crippen molar-refractivity contribution < 1.29 is 13.2 Å². The van der Waals surface area contributed by atoms with Gasteiger partial charge in [0.25, 0.3) is 0 Å². The number of nitriles is 2. The molecule has 4 N–H and O–H groups in total. The number of aromatic nitrogens is 1. The number of nitrogen functional groups attached to an aromatic ring is 2. The first-order valence-electron chi connectivity index (χ1n) is 7.93. The van der Waals surface area contributed by atoms with Gasteiger partial charge in [0.1, 0.15) is 23.5 Å². The molecule has 0 saturated heterocycles. The molecule has 3 aromatic rings. The number of pyridine rings is 1. The van der Waals surface area contributed by atoms with Gasteiger partial charge < -0.3 is 11.5 Å². The second kappa shape index (κ2) is 6.93. The molecule has 0 saturated carbocycles. The summed E-state index contributed by atoms with van der Waals surface area (Å²) in [5, 5.41) is 19.2. The molecule has 0 aliphatic rings. The van der Waals surface area contributed by atoms with Crippen LogP contribution in [0.1, 0.15) is 16.7 Å². The zero-order valence-electron chi connectivity index (χ0n) is 14.2. The molecule has 0 atom stereocenters. The van der Waals surface area contributed by atoms with E-state index in [0.717, 1.165) is 12.1 Å². The van der Waals surface area contributed by atoms with E-state index in [-0.39, 0.29) is 33.8 Å². The lowest BCUT2D eigenvalue weighted by molar-refractivity contribution is -0.137. The molecule has 0 amide bonds. The standard InChI is InChI=1S/C20H12F3N5/c21-20(22,23)13-5-1-11(2-6-13)17-15(9-24)18(28-19(27)16(17)10-25)12-3-7-14(26)8-4-12/h1-8H,26H2,(H2,27,28). The topological polar surface area (TPSA) is 113 Å². The maximum atomic E-state index is 12.9. The number of rotatable bonds is 2. The van der Waals surface area contributed by atoms with Gasteiger partial charge in [0.15, 0.2) is 0 Å². The molecular weight excluding hydrogens is 367 g/mol. The molecule has 0 bridgehead atoms. The van der Waals surface area contributed by atoms with Crippen molar-refractivity contribution in [3.8, 4) is 34.5 Å². The van der Waals surface area contributed by atoms with E-state index in [1.807, 2.05) is 12.1 Å². The first-order valence-corrected chi connectivity index (χ1v) is 7.93. The Morgan fingerprint density at radius 2 is 1.32 bits per heavy atom. The first kappa shape index (κ1) is 18.7. The van der Waals surface area contributed by atoms with Gasteiger partial charge in [0.2, 0.25) is 0 Å². The van der Waals surface area contributed by atoms with E-state index in [4.69, 9.17) is 11.5 Å². The van der Waals surface area contributed by atoms with E-state index < -0.39 is 11.7 Å². The first-order chi connectivity index (χ1) is 13.3. The lowest BCUT2D eigenvalue weighted by Crippen LogP contribution is -2.06. The summed E-state index contributed by atoms with van der Waals surface area (Å²) in [7, 11) is 0. The zero-order valence-corrected chi connectivity index (χ0v) is 14.2. The van der Waals surface area contributed by atoms with Crippen LogP contribution in [0, 0.1) is 22.7 Å². The van der Waals surface area contributed by atoms with Crippen LogP contribution in [0.4, 0.5) is 24.7 Å². The van der Waals surface area contributed by atoms with Gasteiger partial charge in [-0.05, 0) is 29.8 Å². The Bertz CT molecular complexity index is 1120. The smallest absolute Gasteiger partial charge is 0.399 e. The van der Waals surface area contributed by atoms with Crippen molar-refractivity contribution in [2.75, 3.05) is 11.5 Å². The van der Waals surface area contributed by atoms with Crippen molar-refractivity contribution in [3.05, 3.63) is 65.2 Å². The van der Waals surface area contributed by atoms with Gasteiger partial charge in [-0.2, -0.15) is 23.7 Å². The Morgan fingerprint density at radius 1 is 0.786 bits per heavy atom. The van der Waals surface area contributed by atoms with Gasteiger partial charge in [0.05, 0.1) is 16.8 Å². The van der Waals surface area contributed by atoms with Crippen LogP contribution in [0.5, 0.6) is 0 Å². The Kier molecular flexibility index (Phi) is 4.64. The summed E-state index contributed by atoms with van der Waals surface area (Å²) < 4.78 is 38.6. The monoisotopic (exact) mass is 379 g/mol. The van der Waals surface area contributed by atoms with Gasteiger partial charge >= 0.3 is 6.18 Å². The van der Waals surface area contributed by atoms with E-state index in [1.165, 1.54) is 12.1 Å². The van der Waals surface area contributed by atoms with Crippen LogP contribution in [0.25, 0.3) is 22.4 Å². The lowest BCUT2D eigenvalue weighted by Gasteiger charge is -2.14. The summed E-state index contributed by atoms with van der Waals surface area (Å²) in [6, 6.07) is 14.6. The summed E-state index contributed by atoms with van der Waals surface area (Å²) in [5.41, 5.74) is 12.4. The van der Waals surface area contributed by atoms with Crippen LogP contribution in [-0.4, -0.2) is 4.98 Å². The highest BCUT2D eigenvalue weighted by atomic mass is 19.4. The number of hydrogen-bond donors (Lipinski definition) is 2. The number of nitrogens with zero attached hydrogens (tertiary/aromatic N) is 3. The normalized spacial score (nSPS) is 10.9. The quantitative estimate of drug-likeness (QED) is 0.643. The Labute approximate surface area is 158 Å². The van der Waals surface area contributed by atoms with Crippen LogP contribution in [0.3, 0.4) is 0 Å². The maximum Gasteiger partial charge on any atom is 0.416 e. The lowest BCUT2D eigenvalue weighted by atomic mass is 9.92. The van der Waals surface area contributed by atoms with Crippen molar-refractivity contribution in [2.45, 2.75) is 6.18 Å². The van der Waals surface area contributed by atoms with E-state index >= 15 is 0 Å². The molecule has 1 heterocycles. The van der Waals surface area contributed by atoms with Gasteiger partial charge in [-0.1, -0.05) is 24.3 Å². The van der Waals surface area contributed by atoms with Crippen molar-refractivity contribution >= 4 is 11.5 Å². The fraction of sp³-hybridized carbons (Fsp3) is 0.0500. The molecule has 0 spiro atoms. The van der Waals surface area contributed by atoms with E-state index in [0.29, 0.717) is 11.3 Å². The van der Waals surface area contributed by atoms with Gasteiger partial charge in [-0.3, -0.25) is 0 Å². The van der Waals surface area contributed by atoms with Crippen molar-refractivity contribution in [1.82, 2.24) is 4.98 Å². The fourth-order valence-electron chi connectivity index (χ4n) is 2.79. The molecule has 5 nitrogen and oxygen atoms in total. The number of benzene rings is 2. The zero-order chi connectivity index (χ0) is 20.5. The van der Waals surface area contributed by atoms with Gasteiger partial charge in [-0.15, -0.1) is 0 Å². The van der Waals surface area contributed by atoms with Crippen molar-refractivity contribution in [3.63, 3.8) is 0 Å².